The number of thioether (sulfide) groups is 1. The summed E-state index contributed by atoms with van der Waals surface area (Å²) in [4.78, 5) is 2.15. The van der Waals surface area contributed by atoms with Gasteiger partial charge in [0.25, 0.3) is 20.2 Å². The molecule has 0 fully saturated rings. The van der Waals surface area contributed by atoms with Crippen LogP contribution in [-0.2, 0) is 54.4 Å². The van der Waals surface area contributed by atoms with Gasteiger partial charge in [-0.05, 0) is 84.0 Å². The molecule has 0 aliphatic heterocycles. The number of nitrogens with zero attached hydrogens (tertiary/aromatic N) is 4. The number of aromatic hydroxyl groups is 1. The lowest BCUT2D eigenvalue weighted by atomic mass is 10.1. The second kappa shape index (κ2) is 18.2. The number of rotatable bonds is 15. The Morgan fingerprint density at radius 3 is 2.15 bits per heavy atom. The summed E-state index contributed by atoms with van der Waals surface area (Å²) in [7, 11) is -18.8. The van der Waals surface area contributed by atoms with E-state index >= 15 is 0 Å². The molecule has 0 aromatic heterocycles. The Labute approximate surface area is 317 Å². The maximum atomic E-state index is 12.8. The van der Waals surface area contributed by atoms with E-state index in [-0.39, 0.29) is 61.9 Å². The van der Waals surface area contributed by atoms with Crippen LogP contribution in [0.4, 0.5) is 28.4 Å². The van der Waals surface area contributed by atoms with Crippen LogP contribution in [0, 0.1) is 11.4 Å². The van der Waals surface area contributed by atoms with Gasteiger partial charge in [0.05, 0.1) is 22.0 Å². The molecule has 0 saturated heterocycles. The minimum Gasteiger partial charge on any atom is -0.505 e. The standard InChI is InChI=1S/C29H27N5O15S5.H2O/c1-2-47-11-4-14-51(36,37)20-6-3-5-18(15-20)31-34-28-26(53(41,42)43)17-22-21(29(28)35)8-9-23(30)27(22)33-32-24-10-7-19(16-25(24)52(38,39)40)50-13-12-48-49-54(44,45)46;/h3,5-10,15-17,35H,2,4,11,14,30H2,1H3,(H,38,39,40)(H,41,42,43)(H,44,45,46);1H2. The Morgan fingerprint density at radius 2 is 1.49 bits per heavy atom. The monoisotopic (exact) mass is 863 g/mol. The van der Waals surface area contributed by atoms with Gasteiger partial charge in [-0.2, -0.15) is 30.4 Å². The second-order valence-corrected chi connectivity index (χ2v) is 17.2. The van der Waals surface area contributed by atoms with E-state index in [4.69, 9.17) is 15.0 Å². The fourth-order valence-electron chi connectivity index (χ4n) is 4.39. The molecule has 0 atom stereocenters. The molecule has 0 unspecified atom stereocenters. The predicted molar refractivity (Wildman–Crippen MR) is 195 cm³/mol. The smallest absolute Gasteiger partial charge is 0.433 e. The van der Waals surface area contributed by atoms with E-state index in [9.17, 15) is 47.9 Å². The molecule has 0 radical (unpaired) electrons. The summed E-state index contributed by atoms with van der Waals surface area (Å²) >= 11 is 0.578. The molecule has 0 saturated carbocycles. The molecule has 4 aromatic carbocycles. The van der Waals surface area contributed by atoms with E-state index in [0.717, 1.165) is 18.2 Å². The van der Waals surface area contributed by atoms with Gasteiger partial charge in [0.2, 0.25) is 0 Å². The maximum absolute atomic E-state index is 12.8. The molecule has 4 aromatic rings. The molecule has 26 heteroatoms. The minimum absolute atomic E-state index is 0. The zero-order valence-corrected chi connectivity index (χ0v) is 31.9. The van der Waals surface area contributed by atoms with Gasteiger partial charge in [0.15, 0.2) is 21.7 Å². The van der Waals surface area contributed by atoms with Crippen LogP contribution in [0.15, 0.2) is 101 Å². The van der Waals surface area contributed by atoms with Gasteiger partial charge in [0, 0.05) is 34.1 Å². The highest BCUT2D eigenvalue weighted by Crippen LogP contribution is 2.46. The molecule has 21 nitrogen and oxygen atoms in total. The van der Waals surface area contributed by atoms with Crippen LogP contribution in [0.3, 0.4) is 0 Å². The Balaban J connectivity index is 0.00000812. The van der Waals surface area contributed by atoms with Gasteiger partial charge in [-0.3, -0.25) is 18.5 Å². The average molecular weight is 864 g/mol. The molecule has 0 aliphatic rings. The first kappa shape index (κ1) is 44.6. The van der Waals surface area contributed by atoms with Crippen molar-refractivity contribution < 1.29 is 71.9 Å². The molecule has 296 valence electrons. The summed E-state index contributed by atoms with van der Waals surface area (Å²) in [5.74, 6) is -1.05. The van der Waals surface area contributed by atoms with Gasteiger partial charge in [0.1, 0.15) is 26.9 Å². The Morgan fingerprint density at radius 1 is 0.800 bits per heavy atom. The van der Waals surface area contributed by atoms with Crippen LogP contribution >= 0.6 is 11.8 Å². The van der Waals surface area contributed by atoms with Crippen molar-refractivity contribution in [3.63, 3.8) is 0 Å². The third-order valence-corrected chi connectivity index (χ3v) is 11.2. The summed E-state index contributed by atoms with van der Waals surface area (Å²) in [5.41, 5.74) is 4.36. The van der Waals surface area contributed by atoms with E-state index in [1.165, 1.54) is 42.5 Å². The van der Waals surface area contributed by atoms with Crippen LogP contribution in [0.2, 0.25) is 0 Å². The number of nitrogens with two attached hydrogens (primary N) is 1. The first-order chi connectivity index (χ1) is 25.2. The van der Waals surface area contributed by atoms with Gasteiger partial charge >= 0.3 is 10.4 Å². The van der Waals surface area contributed by atoms with Crippen LogP contribution in [0.25, 0.3) is 10.8 Å². The number of fused-ring (bicyclic) bond motifs is 1. The SMILES string of the molecule is CCOCCCS(=O)(=O)c1cccc(N=Nc2c(S(=O)(=O)O)cc3c(N=Nc4ccc(SC#COOS(=O)(=O)O)cc4S(=O)(=O)O)c(N)ccc3c2O)c1.O. The fraction of sp³-hybridized carbons (Fsp3) is 0.172. The highest BCUT2D eigenvalue weighted by atomic mass is 32.3. The highest BCUT2D eigenvalue weighted by Gasteiger charge is 2.25. The summed E-state index contributed by atoms with van der Waals surface area (Å²) in [6.07, 6.45) is 1.99. The Bertz CT molecular complexity index is 2660. The summed E-state index contributed by atoms with van der Waals surface area (Å²) < 4.78 is 133. The lowest BCUT2D eigenvalue weighted by Gasteiger charge is -2.12. The first-order valence-corrected chi connectivity index (χ1v) is 21.3. The van der Waals surface area contributed by atoms with Crippen molar-refractivity contribution in [3.05, 3.63) is 60.7 Å². The van der Waals surface area contributed by atoms with Crippen molar-refractivity contribution in [3.8, 4) is 17.1 Å². The van der Waals surface area contributed by atoms with Crippen molar-refractivity contribution in [2.24, 2.45) is 20.5 Å². The van der Waals surface area contributed by atoms with Crippen molar-refractivity contribution in [2.75, 3.05) is 24.7 Å². The van der Waals surface area contributed by atoms with Crippen LogP contribution in [-0.4, -0.2) is 76.9 Å². The summed E-state index contributed by atoms with van der Waals surface area (Å²) in [6, 6.07) is 11.8. The normalized spacial score (nSPS) is 12.4. The maximum Gasteiger partial charge on any atom is 0.433 e. The molecule has 0 spiro atoms. The van der Waals surface area contributed by atoms with Gasteiger partial charge < -0.3 is 21.1 Å². The van der Waals surface area contributed by atoms with E-state index in [0.29, 0.717) is 18.4 Å². The lowest BCUT2D eigenvalue weighted by Crippen LogP contribution is -2.09. The fourth-order valence-corrected chi connectivity index (χ4v) is 7.71. The van der Waals surface area contributed by atoms with E-state index in [1.54, 1.807) is 13.0 Å². The molecule has 8 N–H and O–H groups in total. The number of phenols is 1. The molecule has 4 rings (SSSR count). The predicted octanol–water partition coefficient (Wildman–Crippen LogP) is 4.59. The van der Waals surface area contributed by atoms with Crippen LogP contribution in [0.5, 0.6) is 5.75 Å². The number of sulfone groups is 1. The van der Waals surface area contributed by atoms with Gasteiger partial charge in [-0.15, -0.1) is 15.3 Å². The van der Waals surface area contributed by atoms with Crippen molar-refractivity contribution >= 4 is 91.4 Å². The van der Waals surface area contributed by atoms with E-state index in [1.807, 2.05) is 0 Å². The number of anilines is 1. The molecule has 0 heterocycles. The Kier molecular flexibility index (Phi) is 14.8. The number of azo groups is 2. The quantitative estimate of drug-likeness (QED) is 0.0159. The molecule has 0 bridgehead atoms. The summed E-state index contributed by atoms with van der Waals surface area (Å²) in [6.45, 7) is 2.43. The van der Waals surface area contributed by atoms with E-state index < -0.39 is 67.4 Å². The third kappa shape index (κ3) is 12.1. The molecule has 0 aliphatic carbocycles. The second-order valence-electron chi connectivity index (χ2n) is 10.4. The number of nitrogen functional groups attached to an aromatic ring is 1. The highest BCUT2D eigenvalue weighted by molar-refractivity contribution is 8.04. The van der Waals surface area contributed by atoms with Gasteiger partial charge in [-0.1, -0.05) is 6.07 Å². The largest absolute Gasteiger partial charge is 0.505 e. The zero-order valence-electron chi connectivity index (χ0n) is 27.8. The molecular weight excluding hydrogens is 835 g/mol. The van der Waals surface area contributed by atoms with Crippen LogP contribution < -0.4 is 5.73 Å². The van der Waals surface area contributed by atoms with Crippen molar-refractivity contribution in [1.29, 1.82) is 0 Å². The average Bonchev–Trinajstić information content (AvgIpc) is 3.08. The number of hydrogen-bond donors (Lipinski definition) is 5. The zero-order chi connectivity index (χ0) is 39.9. The Hall–Kier alpha value is -4.79. The van der Waals surface area contributed by atoms with Gasteiger partial charge in [-0.25, -0.2) is 8.42 Å². The number of hydrogen-bond acceptors (Lipinski definition) is 18. The third-order valence-electron chi connectivity index (χ3n) is 6.70. The lowest BCUT2D eigenvalue weighted by molar-refractivity contribution is -0.135. The number of phenolic OH excluding ortho intramolecular Hbond substituents is 1. The minimum atomic E-state index is -5.16. The number of benzene rings is 4. The molecular formula is C29H29N5O16S5. The van der Waals surface area contributed by atoms with Crippen molar-refractivity contribution in [1.82, 2.24) is 0 Å². The van der Waals surface area contributed by atoms with E-state index in [2.05, 4.69) is 34.9 Å². The first-order valence-electron chi connectivity index (χ1n) is 14.6. The van der Waals surface area contributed by atoms with Crippen LogP contribution in [0.1, 0.15) is 13.3 Å². The van der Waals surface area contributed by atoms with Crippen molar-refractivity contribution in [2.45, 2.75) is 32.9 Å². The topological polar surface area (TPSA) is 352 Å². The molecule has 0 amide bonds. The molecule has 55 heavy (non-hydrogen) atoms. The number of ether oxygens (including phenoxy) is 1. The summed E-state index contributed by atoms with van der Waals surface area (Å²) in [5, 5.41) is 28.5.